The molecule has 0 fully saturated rings. The number of nitrogens with one attached hydrogen (secondary N) is 1. The second-order valence-electron chi connectivity index (χ2n) is 4.62. The molecule has 1 heterocycles. The summed E-state index contributed by atoms with van der Waals surface area (Å²) in [5.74, 6) is 0. The molecule has 0 spiro atoms. The van der Waals surface area contributed by atoms with Crippen LogP contribution in [0.15, 0.2) is 6.20 Å². The van der Waals surface area contributed by atoms with E-state index in [9.17, 15) is 4.21 Å². The number of rotatable bonds is 6. The van der Waals surface area contributed by atoms with Gasteiger partial charge in [-0.05, 0) is 26.8 Å². The molecule has 3 atom stereocenters. The molecular formula is C12H23N3OS. The van der Waals surface area contributed by atoms with E-state index in [-0.39, 0.29) is 5.25 Å². The lowest BCUT2D eigenvalue weighted by atomic mass is 10.1. The van der Waals surface area contributed by atoms with E-state index >= 15 is 0 Å². The van der Waals surface area contributed by atoms with Gasteiger partial charge in [-0.3, -0.25) is 8.89 Å². The minimum Gasteiger partial charge on any atom is -0.310 e. The molecule has 5 heteroatoms. The Morgan fingerprint density at radius 1 is 1.53 bits per heavy atom. The van der Waals surface area contributed by atoms with Gasteiger partial charge in [0.2, 0.25) is 0 Å². The first kappa shape index (κ1) is 14.4. The minimum atomic E-state index is -0.726. The van der Waals surface area contributed by atoms with E-state index in [1.54, 1.807) is 6.26 Å². The molecule has 0 radical (unpaired) electrons. The molecule has 1 aromatic heterocycles. The molecule has 0 aromatic carbocycles. The third kappa shape index (κ3) is 4.24. The fourth-order valence-corrected chi connectivity index (χ4v) is 2.27. The Hall–Kier alpha value is -0.680. The third-order valence-corrected chi connectivity index (χ3v) is 4.45. The molecule has 0 amide bonds. The second-order valence-corrected chi connectivity index (χ2v) is 6.42. The maximum absolute atomic E-state index is 11.2. The summed E-state index contributed by atoms with van der Waals surface area (Å²) >= 11 is 0. The van der Waals surface area contributed by atoms with E-state index in [2.05, 4.69) is 23.5 Å². The van der Waals surface area contributed by atoms with E-state index in [0.29, 0.717) is 6.04 Å². The van der Waals surface area contributed by atoms with Crippen LogP contribution < -0.4 is 5.32 Å². The predicted molar refractivity (Wildman–Crippen MR) is 72.5 cm³/mol. The molecule has 0 saturated heterocycles. The van der Waals surface area contributed by atoms with Gasteiger partial charge in [-0.1, -0.05) is 6.92 Å². The summed E-state index contributed by atoms with van der Waals surface area (Å²) < 4.78 is 13.1. The fourth-order valence-electron chi connectivity index (χ4n) is 1.82. The number of hydrogen-bond donors (Lipinski definition) is 1. The van der Waals surface area contributed by atoms with Crippen molar-refractivity contribution in [2.45, 2.75) is 38.5 Å². The molecule has 3 unspecified atom stereocenters. The summed E-state index contributed by atoms with van der Waals surface area (Å²) in [6, 6.07) is 0.293. The highest BCUT2D eigenvalue weighted by Gasteiger charge is 2.12. The van der Waals surface area contributed by atoms with E-state index in [0.717, 1.165) is 18.7 Å². The maximum atomic E-state index is 11.2. The van der Waals surface area contributed by atoms with Crippen LogP contribution in [0.1, 0.15) is 37.6 Å². The van der Waals surface area contributed by atoms with Crippen molar-refractivity contribution in [2.24, 2.45) is 7.05 Å². The highest BCUT2D eigenvalue weighted by Crippen LogP contribution is 2.15. The lowest BCUT2D eigenvalue weighted by Gasteiger charge is -2.14. The summed E-state index contributed by atoms with van der Waals surface area (Å²) in [5, 5.41) is 8.04. The van der Waals surface area contributed by atoms with Crippen LogP contribution in [-0.4, -0.2) is 32.0 Å². The van der Waals surface area contributed by atoms with Crippen LogP contribution in [0.25, 0.3) is 0 Å². The van der Waals surface area contributed by atoms with Crippen LogP contribution in [-0.2, 0) is 17.8 Å². The van der Waals surface area contributed by atoms with Crippen LogP contribution in [0.3, 0.4) is 0 Å². The summed E-state index contributed by atoms with van der Waals surface area (Å²) in [6.45, 7) is 7.07. The SMILES string of the molecule is Cc1nn(C)cc1C(C)NCCC(C)S(C)=O. The van der Waals surface area contributed by atoms with Gasteiger partial charge in [0.25, 0.3) is 0 Å². The molecule has 1 rings (SSSR count). The lowest BCUT2D eigenvalue weighted by Crippen LogP contribution is -2.24. The summed E-state index contributed by atoms with van der Waals surface area (Å²) in [6.07, 6.45) is 4.75. The predicted octanol–water partition coefficient (Wildman–Crippen LogP) is 1.54. The molecule has 0 bridgehead atoms. The molecule has 4 nitrogen and oxygen atoms in total. The van der Waals surface area contributed by atoms with Crippen LogP contribution in [0, 0.1) is 6.92 Å². The minimum absolute atomic E-state index is 0.254. The number of hydrogen-bond acceptors (Lipinski definition) is 3. The monoisotopic (exact) mass is 257 g/mol. The van der Waals surface area contributed by atoms with E-state index in [4.69, 9.17) is 0 Å². The van der Waals surface area contributed by atoms with Crippen LogP contribution in [0.4, 0.5) is 0 Å². The molecule has 0 aliphatic carbocycles. The van der Waals surface area contributed by atoms with Gasteiger partial charge in [0.1, 0.15) is 0 Å². The summed E-state index contributed by atoms with van der Waals surface area (Å²) in [7, 11) is 1.21. The Bertz CT molecular complexity index is 389. The van der Waals surface area contributed by atoms with Gasteiger partial charge in [-0.25, -0.2) is 0 Å². The Balaban J connectivity index is 2.42. The van der Waals surface area contributed by atoms with Crippen LogP contribution in [0.2, 0.25) is 0 Å². The van der Waals surface area contributed by atoms with Gasteiger partial charge >= 0.3 is 0 Å². The fraction of sp³-hybridized carbons (Fsp3) is 0.750. The molecule has 0 aliphatic rings. The van der Waals surface area contributed by atoms with Gasteiger partial charge in [0.05, 0.1) is 5.69 Å². The Morgan fingerprint density at radius 3 is 2.65 bits per heavy atom. The molecule has 1 aromatic rings. The quantitative estimate of drug-likeness (QED) is 0.841. The summed E-state index contributed by atoms with van der Waals surface area (Å²) in [5.41, 5.74) is 2.30. The Morgan fingerprint density at radius 2 is 2.18 bits per heavy atom. The lowest BCUT2D eigenvalue weighted by molar-refractivity contribution is 0.551. The third-order valence-electron chi connectivity index (χ3n) is 3.09. The normalized spacial score (nSPS) is 16.8. The zero-order valence-electron chi connectivity index (χ0n) is 11.4. The first-order valence-corrected chi connectivity index (χ1v) is 7.59. The first-order valence-electron chi connectivity index (χ1n) is 5.97. The van der Waals surface area contributed by atoms with E-state index in [1.807, 2.05) is 25.6 Å². The topological polar surface area (TPSA) is 46.9 Å². The molecule has 0 saturated carbocycles. The van der Waals surface area contributed by atoms with Gasteiger partial charge in [0.15, 0.2) is 0 Å². The standard InChI is InChI=1S/C12H23N3OS/c1-9(17(5)16)6-7-13-10(2)12-8-15(4)14-11(12)3/h8-10,13H,6-7H2,1-5H3. The van der Waals surface area contributed by atoms with Crippen molar-refractivity contribution in [3.05, 3.63) is 17.5 Å². The molecular weight excluding hydrogens is 234 g/mol. The van der Waals surface area contributed by atoms with Crippen molar-refractivity contribution in [2.75, 3.05) is 12.8 Å². The van der Waals surface area contributed by atoms with Crippen molar-refractivity contribution in [3.63, 3.8) is 0 Å². The van der Waals surface area contributed by atoms with Gasteiger partial charge < -0.3 is 5.32 Å². The number of aromatic nitrogens is 2. The zero-order valence-corrected chi connectivity index (χ0v) is 12.2. The molecule has 0 aliphatic heterocycles. The Labute approximate surface area is 106 Å². The first-order chi connectivity index (χ1) is 7.91. The second kappa shape index (κ2) is 6.31. The molecule has 17 heavy (non-hydrogen) atoms. The Kier molecular flexibility index (Phi) is 5.33. The molecule has 1 N–H and O–H groups in total. The van der Waals surface area contributed by atoms with Crippen molar-refractivity contribution in [1.82, 2.24) is 15.1 Å². The van der Waals surface area contributed by atoms with E-state index in [1.165, 1.54) is 5.56 Å². The average Bonchev–Trinajstić information content (AvgIpc) is 2.57. The summed E-state index contributed by atoms with van der Waals surface area (Å²) in [4.78, 5) is 0. The van der Waals surface area contributed by atoms with Crippen molar-refractivity contribution in [1.29, 1.82) is 0 Å². The average molecular weight is 257 g/mol. The van der Waals surface area contributed by atoms with Gasteiger partial charge in [-0.15, -0.1) is 0 Å². The van der Waals surface area contributed by atoms with Gasteiger partial charge in [-0.2, -0.15) is 5.10 Å². The van der Waals surface area contributed by atoms with Crippen molar-refractivity contribution < 1.29 is 4.21 Å². The molecule has 98 valence electrons. The van der Waals surface area contributed by atoms with E-state index < -0.39 is 10.8 Å². The van der Waals surface area contributed by atoms with Crippen molar-refractivity contribution >= 4 is 10.8 Å². The smallest absolute Gasteiger partial charge is 0.0641 e. The maximum Gasteiger partial charge on any atom is 0.0641 e. The zero-order chi connectivity index (χ0) is 13.0. The highest BCUT2D eigenvalue weighted by atomic mass is 32.2. The van der Waals surface area contributed by atoms with Crippen LogP contribution >= 0.6 is 0 Å². The number of nitrogens with zero attached hydrogens (tertiary/aromatic N) is 2. The largest absolute Gasteiger partial charge is 0.310 e. The van der Waals surface area contributed by atoms with Gasteiger partial charge in [0, 0.05) is 47.2 Å². The van der Waals surface area contributed by atoms with Crippen molar-refractivity contribution in [3.8, 4) is 0 Å². The highest BCUT2D eigenvalue weighted by molar-refractivity contribution is 7.84. The number of aryl methyl sites for hydroxylation is 2. The van der Waals surface area contributed by atoms with Crippen LogP contribution in [0.5, 0.6) is 0 Å².